The van der Waals surface area contributed by atoms with Gasteiger partial charge in [0.25, 0.3) is 0 Å². The van der Waals surface area contributed by atoms with Gasteiger partial charge in [-0.1, -0.05) is 6.42 Å². The number of rotatable bonds is 2. The Balaban J connectivity index is 1.81. The number of amides is 2. The molecular formula is C11H13N3O2. The maximum absolute atomic E-state index is 12.0. The number of hydrogen-bond acceptors (Lipinski definition) is 3. The molecule has 0 bridgehead atoms. The highest BCUT2D eigenvalue weighted by Gasteiger charge is 2.49. The first-order valence-corrected chi connectivity index (χ1v) is 5.61. The van der Waals surface area contributed by atoms with Crippen LogP contribution in [0.3, 0.4) is 0 Å². The second-order valence-electron chi connectivity index (χ2n) is 4.44. The molecule has 5 nitrogen and oxygen atoms in total. The van der Waals surface area contributed by atoms with Crippen LogP contribution < -0.4 is 0 Å². The first kappa shape index (κ1) is 9.57. The van der Waals surface area contributed by atoms with Gasteiger partial charge >= 0.3 is 0 Å². The second-order valence-corrected chi connectivity index (χ2v) is 4.44. The fourth-order valence-corrected chi connectivity index (χ4v) is 2.75. The van der Waals surface area contributed by atoms with Gasteiger partial charge in [-0.25, -0.2) is 4.98 Å². The molecule has 1 aromatic rings. The molecule has 1 aliphatic heterocycles. The third-order valence-corrected chi connectivity index (χ3v) is 3.55. The Morgan fingerprint density at radius 1 is 1.31 bits per heavy atom. The summed E-state index contributed by atoms with van der Waals surface area (Å²) >= 11 is 0. The van der Waals surface area contributed by atoms with Crippen LogP contribution in [0.5, 0.6) is 0 Å². The molecule has 1 aromatic heterocycles. The Labute approximate surface area is 92.9 Å². The number of carbonyl (C=O) groups excluding carboxylic acids is 2. The zero-order valence-electron chi connectivity index (χ0n) is 8.85. The van der Waals surface area contributed by atoms with E-state index in [2.05, 4.69) is 9.97 Å². The van der Waals surface area contributed by atoms with E-state index in [0.717, 1.165) is 19.3 Å². The number of nitrogens with zero attached hydrogens (tertiary/aromatic N) is 2. The van der Waals surface area contributed by atoms with Crippen molar-refractivity contribution in [2.75, 3.05) is 0 Å². The molecule has 1 N–H and O–H groups in total. The topological polar surface area (TPSA) is 66.1 Å². The quantitative estimate of drug-likeness (QED) is 0.744. The van der Waals surface area contributed by atoms with E-state index in [0.29, 0.717) is 5.82 Å². The molecule has 0 radical (unpaired) electrons. The average molecular weight is 219 g/mol. The van der Waals surface area contributed by atoms with Gasteiger partial charge in [0.05, 0.1) is 18.4 Å². The largest absolute Gasteiger partial charge is 0.347 e. The Morgan fingerprint density at radius 3 is 2.56 bits per heavy atom. The van der Waals surface area contributed by atoms with Gasteiger partial charge in [0.15, 0.2) is 0 Å². The maximum Gasteiger partial charge on any atom is 0.233 e. The lowest BCUT2D eigenvalue weighted by molar-refractivity contribution is -0.141. The number of likely N-dealkylation sites (tertiary alicyclic amines) is 1. The lowest BCUT2D eigenvalue weighted by Crippen LogP contribution is -2.31. The molecule has 2 aliphatic rings. The van der Waals surface area contributed by atoms with Gasteiger partial charge in [-0.15, -0.1) is 0 Å². The molecule has 16 heavy (non-hydrogen) atoms. The van der Waals surface area contributed by atoms with Crippen LogP contribution in [0.25, 0.3) is 0 Å². The minimum absolute atomic E-state index is 0.0103. The Bertz CT molecular complexity index is 404. The van der Waals surface area contributed by atoms with Crippen molar-refractivity contribution in [2.45, 2.75) is 25.8 Å². The number of aromatic amines is 1. The first-order valence-electron chi connectivity index (χ1n) is 5.61. The Kier molecular flexibility index (Phi) is 2.05. The van der Waals surface area contributed by atoms with E-state index >= 15 is 0 Å². The van der Waals surface area contributed by atoms with Crippen molar-refractivity contribution in [1.82, 2.24) is 14.9 Å². The molecule has 5 heteroatoms. The van der Waals surface area contributed by atoms with Crippen molar-refractivity contribution < 1.29 is 9.59 Å². The summed E-state index contributed by atoms with van der Waals surface area (Å²) < 4.78 is 0. The van der Waals surface area contributed by atoms with Gasteiger partial charge in [0.1, 0.15) is 5.82 Å². The summed E-state index contributed by atoms with van der Waals surface area (Å²) in [4.78, 5) is 32.3. The van der Waals surface area contributed by atoms with Gasteiger partial charge in [-0.3, -0.25) is 14.5 Å². The van der Waals surface area contributed by atoms with Crippen molar-refractivity contribution in [3.05, 3.63) is 18.2 Å². The van der Waals surface area contributed by atoms with Crippen molar-refractivity contribution in [3.63, 3.8) is 0 Å². The lowest BCUT2D eigenvalue weighted by atomic mass is 10.00. The van der Waals surface area contributed by atoms with Crippen LogP contribution in [0.4, 0.5) is 0 Å². The minimum Gasteiger partial charge on any atom is -0.347 e. The highest BCUT2D eigenvalue weighted by Crippen LogP contribution is 2.39. The number of fused-ring (bicyclic) bond motifs is 1. The second kappa shape index (κ2) is 3.43. The van der Waals surface area contributed by atoms with E-state index in [1.165, 1.54) is 4.90 Å². The summed E-state index contributed by atoms with van der Waals surface area (Å²) in [5.41, 5.74) is 0. The molecule has 2 amide bonds. The van der Waals surface area contributed by atoms with Crippen LogP contribution in [0.15, 0.2) is 12.4 Å². The molecule has 1 saturated heterocycles. The number of aromatic nitrogens is 2. The third-order valence-electron chi connectivity index (χ3n) is 3.55. The predicted octanol–water partition coefficient (Wildman–Crippen LogP) is 0.695. The average Bonchev–Trinajstić information content (AvgIpc) is 2.97. The van der Waals surface area contributed by atoms with Crippen LogP contribution in [-0.4, -0.2) is 26.7 Å². The normalized spacial score (nSPS) is 28.9. The highest BCUT2D eigenvalue weighted by molar-refractivity contribution is 6.05. The smallest absolute Gasteiger partial charge is 0.233 e. The zero-order valence-corrected chi connectivity index (χ0v) is 8.85. The van der Waals surface area contributed by atoms with Gasteiger partial charge in [0.2, 0.25) is 11.8 Å². The first-order chi connectivity index (χ1) is 7.77. The molecule has 2 atom stereocenters. The zero-order chi connectivity index (χ0) is 11.1. The summed E-state index contributed by atoms with van der Waals surface area (Å²) in [5, 5.41) is 0. The number of carbonyl (C=O) groups is 2. The van der Waals surface area contributed by atoms with Crippen molar-refractivity contribution in [1.29, 1.82) is 0 Å². The third kappa shape index (κ3) is 1.27. The van der Waals surface area contributed by atoms with E-state index in [-0.39, 0.29) is 30.2 Å². The van der Waals surface area contributed by atoms with Gasteiger partial charge in [-0.2, -0.15) is 0 Å². The highest BCUT2D eigenvalue weighted by atomic mass is 16.2. The molecule has 2 unspecified atom stereocenters. The molecule has 3 rings (SSSR count). The van der Waals surface area contributed by atoms with Crippen LogP contribution in [0, 0.1) is 11.8 Å². The molecule has 0 spiro atoms. The van der Waals surface area contributed by atoms with E-state index in [1.54, 1.807) is 12.4 Å². The number of hydrogen-bond donors (Lipinski definition) is 1. The fourth-order valence-electron chi connectivity index (χ4n) is 2.75. The Hall–Kier alpha value is -1.65. The molecule has 1 aliphatic carbocycles. The van der Waals surface area contributed by atoms with E-state index in [4.69, 9.17) is 0 Å². The van der Waals surface area contributed by atoms with Gasteiger partial charge in [-0.05, 0) is 12.8 Å². The SMILES string of the molecule is O=C1C2CCCC2C(=O)N1Cc1ncc[nH]1. The standard InChI is InChI=1S/C11H13N3O2/c15-10-7-2-1-3-8(7)11(16)14(10)6-9-12-4-5-13-9/h4-5,7-8H,1-3,6H2,(H,12,13). The van der Waals surface area contributed by atoms with Crippen molar-refractivity contribution in [2.24, 2.45) is 11.8 Å². The van der Waals surface area contributed by atoms with Gasteiger partial charge in [0, 0.05) is 12.4 Å². The summed E-state index contributed by atoms with van der Waals surface area (Å²) in [7, 11) is 0. The monoisotopic (exact) mass is 219 g/mol. The molecule has 84 valence electrons. The van der Waals surface area contributed by atoms with E-state index < -0.39 is 0 Å². The lowest BCUT2D eigenvalue weighted by Gasteiger charge is -2.13. The predicted molar refractivity (Wildman–Crippen MR) is 55.0 cm³/mol. The number of nitrogens with one attached hydrogen (secondary N) is 1. The minimum atomic E-state index is -0.0533. The summed E-state index contributed by atoms with van der Waals surface area (Å²) in [5.74, 6) is 0.541. The van der Waals surface area contributed by atoms with E-state index in [1.807, 2.05) is 0 Å². The van der Waals surface area contributed by atoms with E-state index in [9.17, 15) is 9.59 Å². The Morgan fingerprint density at radius 2 is 2.00 bits per heavy atom. The fraction of sp³-hybridized carbons (Fsp3) is 0.545. The molecule has 2 heterocycles. The van der Waals surface area contributed by atoms with Crippen molar-refractivity contribution >= 4 is 11.8 Å². The van der Waals surface area contributed by atoms with Crippen molar-refractivity contribution in [3.8, 4) is 0 Å². The summed E-state index contributed by atoms with van der Waals surface area (Å²) in [6.07, 6.45) is 6.05. The van der Waals surface area contributed by atoms with Crippen LogP contribution in [-0.2, 0) is 16.1 Å². The van der Waals surface area contributed by atoms with Crippen LogP contribution in [0.2, 0.25) is 0 Å². The summed E-state index contributed by atoms with van der Waals surface area (Å²) in [6.45, 7) is 0.289. The van der Waals surface area contributed by atoms with Crippen LogP contribution in [0.1, 0.15) is 25.1 Å². The number of imidazole rings is 1. The number of imide groups is 1. The maximum atomic E-state index is 12.0. The number of H-pyrrole nitrogens is 1. The molecule has 2 fully saturated rings. The van der Waals surface area contributed by atoms with Gasteiger partial charge < -0.3 is 4.98 Å². The molecular weight excluding hydrogens is 206 g/mol. The molecule has 0 aromatic carbocycles. The van der Waals surface area contributed by atoms with Crippen LogP contribution >= 0.6 is 0 Å². The molecule has 1 saturated carbocycles. The summed E-state index contributed by atoms with van der Waals surface area (Å²) in [6, 6.07) is 0.